The molecule has 1 aromatic carbocycles. The molecule has 2 heterocycles. The highest BCUT2D eigenvalue weighted by Gasteiger charge is 2.20. The number of carboxylic acids is 1. The van der Waals surface area contributed by atoms with E-state index in [-0.39, 0.29) is 12.3 Å². The normalized spacial score (nSPS) is 10.7. The molecule has 0 aliphatic heterocycles. The predicted molar refractivity (Wildman–Crippen MR) is 113 cm³/mol. The number of hydrogen-bond donors (Lipinski definition) is 2. The summed E-state index contributed by atoms with van der Waals surface area (Å²) >= 11 is 0. The van der Waals surface area contributed by atoms with Gasteiger partial charge in [0.25, 0.3) is 5.91 Å². The van der Waals surface area contributed by atoms with Crippen molar-refractivity contribution in [2.45, 2.75) is 27.2 Å². The van der Waals surface area contributed by atoms with Crippen LogP contribution in [0.5, 0.6) is 0 Å². The van der Waals surface area contributed by atoms with Crippen molar-refractivity contribution in [1.29, 1.82) is 0 Å². The molecule has 150 valence electrons. The highest BCUT2D eigenvalue weighted by atomic mass is 16.4. The van der Waals surface area contributed by atoms with Gasteiger partial charge in [0.2, 0.25) is 0 Å². The minimum Gasteiger partial charge on any atom is -0.481 e. The van der Waals surface area contributed by atoms with Crippen molar-refractivity contribution in [3.63, 3.8) is 0 Å². The second kappa shape index (κ2) is 8.68. The number of nitrogens with zero attached hydrogens (tertiary/aromatic N) is 3. The maximum absolute atomic E-state index is 13.1. The number of fused-ring (bicyclic) bond motifs is 1. The summed E-state index contributed by atoms with van der Waals surface area (Å²) < 4.78 is 0. The molecule has 0 fully saturated rings. The van der Waals surface area contributed by atoms with Crippen LogP contribution in [-0.4, -0.2) is 44.9 Å². The monoisotopic (exact) mass is 392 g/mol. The largest absolute Gasteiger partial charge is 0.481 e. The van der Waals surface area contributed by atoms with Gasteiger partial charge in [-0.15, -0.1) is 0 Å². The lowest BCUT2D eigenvalue weighted by Crippen LogP contribution is -2.31. The van der Waals surface area contributed by atoms with Crippen LogP contribution >= 0.6 is 0 Å². The highest BCUT2D eigenvalue weighted by molar-refractivity contribution is 6.07. The van der Waals surface area contributed by atoms with E-state index >= 15 is 0 Å². The van der Waals surface area contributed by atoms with Gasteiger partial charge in [-0.2, -0.15) is 0 Å². The minimum absolute atomic E-state index is 0.0344. The summed E-state index contributed by atoms with van der Waals surface area (Å²) in [4.78, 5) is 34.6. The van der Waals surface area contributed by atoms with E-state index in [4.69, 9.17) is 5.11 Å². The van der Waals surface area contributed by atoms with Crippen LogP contribution in [0.3, 0.4) is 0 Å². The molecule has 3 rings (SSSR count). The number of nitrogens with one attached hydrogen (secondary N) is 1. The Morgan fingerprint density at radius 2 is 1.76 bits per heavy atom. The van der Waals surface area contributed by atoms with Crippen LogP contribution in [0.25, 0.3) is 11.0 Å². The summed E-state index contributed by atoms with van der Waals surface area (Å²) in [6.45, 7) is 6.97. The maximum Gasteiger partial charge on any atom is 0.307 e. The first-order chi connectivity index (χ1) is 13.9. The van der Waals surface area contributed by atoms with E-state index in [1.54, 1.807) is 35.4 Å². The first kappa shape index (κ1) is 20.3. The van der Waals surface area contributed by atoms with Gasteiger partial charge < -0.3 is 15.3 Å². The van der Waals surface area contributed by atoms with E-state index in [1.165, 1.54) is 0 Å². The zero-order chi connectivity index (χ0) is 21.0. The summed E-state index contributed by atoms with van der Waals surface area (Å²) in [6, 6.07) is 10.9. The standard InChI is InChI=1S/C22H24N4O3/c1-4-26(5-2)22(29)18-13-23-21-17(11-6-14(3)24-21)20(18)25-16-9-7-15(8-10-16)12-19(27)28/h6-11,13H,4-5,12H2,1-3H3,(H,27,28)(H,23,24,25). The Balaban J connectivity index is 2.06. The molecule has 0 atom stereocenters. The van der Waals surface area contributed by atoms with E-state index in [2.05, 4.69) is 15.3 Å². The van der Waals surface area contributed by atoms with E-state index in [9.17, 15) is 9.59 Å². The number of carbonyl (C=O) groups excluding carboxylic acids is 1. The highest BCUT2D eigenvalue weighted by Crippen LogP contribution is 2.29. The third-order valence-electron chi connectivity index (χ3n) is 4.73. The molecule has 0 aliphatic rings. The third kappa shape index (κ3) is 4.51. The number of carboxylic acid groups (broad SMARTS) is 1. The number of pyridine rings is 2. The quantitative estimate of drug-likeness (QED) is 0.635. The van der Waals surface area contributed by atoms with Gasteiger partial charge in [0, 0.05) is 36.1 Å². The fraction of sp³-hybridized carbons (Fsp3) is 0.273. The molecule has 7 nitrogen and oxygen atoms in total. The zero-order valence-corrected chi connectivity index (χ0v) is 16.8. The number of anilines is 2. The molecule has 3 aromatic rings. The van der Waals surface area contributed by atoms with Crippen molar-refractivity contribution < 1.29 is 14.7 Å². The summed E-state index contributed by atoms with van der Waals surface area (Å²) in [5, 5.41) is 13.0. The Morgan fingerprint density at radius 1 is 1.07 bits per heavy atom. The van der Waals surface area contributed by atoms with Crippen molar-refractivity contribution >= 4 is 34.3 Å². The SMILES string of the molecule is CCN(CC)C(=O)c1cnc2nc(C)ccc2c1Nc1ccc(CC(=O)O)cc1. The van der Waals surface area contributed by atoms with E-state index in [0.29, 0.717) is 35.6 Å². The molecular weight excluding hydrogens is 368 g/mol. The molecule has 1 amide bonds. The minimum atomic E-state index is -0.876. The van der Waals surface area contributed by atoms with Crippen LogP contribution in [0, 0.1) is 6.92 Å². The first-order valence-electron chi connectivity index (χ1n) is 9.56. The van der Waals surface area contributed by atoms with Crippen LogP contribution in [-0.2, 0) is 11.2 Å². The predicted octanol–water partition coefficient (Wildman–Crippen LogP) is 3.79. The Labute approximate surface area is 169 Å². The van der Waals surface area contributed by atoms with E-state index in [0.717, 1.165) is 16.8 Å². The molecule has 2 N–H and O–H groups in total. The summed E-state index contributed by atoms with van der Waals surface area (Å²) in [6.07, 6.45) is 1.53. The number of rotatable bonds is 7. The molecule has 0 saturated carbocycles. The van der Waals surface area contributed by atoms with Gasteiger partial charge in [0.05, 0.1) is 17.7 Å². The lowest BCUT2D eigenvalue weighted by atomic mass is 10.1. The second-order valence-electron chi connectivity index (χ2n) is 6.74. The molecule has 0 spiro atoms. The van der Waals surface area contributed by atoms with Gasteiger partial charge in [-0.25, -0.2) is 9.97 Å². The Morgan fingerprint density at radius 3 is 2.38 bits per heavy atom. The van der Waals surface area contributed by atoms with Crippen LogP contribution in [0.2, 0.25) is 0 Å². The fourth-order valence-corrected chi connectivity index (χ4v) is 3.17. The van der Waals surface area contributed by atoms with Crippen molar-refractivity contribution in [2.24, 2.45) is 0 Å². The number of carbonyl (C=O) groups is 2. The summed E-state index contributed by atoms with van der Waals surface area (Å²) in [5.41, 5.74) is 3.98. The van der Waals surface area contributed by atoms with Crippen LogP contribution in [0.4, 0.5) is 11.4 Å². The summed E-state index contributed by atoms with van der Waals surface area (Å²) in [5.74, 6) is -0.977. The molecular formula is C22H24N4O3. The number of aliphatic carboxylic acids is 1. The van der Waals surface area contributed by atoms with Crippen LogP contribution in [0.15, 0.2) is 42.6 Å². The number of aryl methyl sites for hydroxylation is 1. The van der Waals surface area contributed by atoms with Crippen molar-refractivity contribution in [3.05, 3.63) is 59.4 Å². The average Bonchev–Trinajstić information content (AvgIpc) is 2.69. The second-order valence-corrected chi connectivity index (χ2v) is 6.74. The maximum atomic E-state index is 13.1. The lowest BCUT2D eigenvalue weighted by Gasteiger charge is -2.21. The van der Waals surface area contributed by atoms with Gasteiger partial charge in [-0.1, -0.05) is 12.1 Å². The number of amides is 1. The fourth-order valence-electron chi connectivity index (χ4n) is 3.17. The van der Waals surface area contributed by atoms with Crippen molar-refractivity contribution in [3.8, 4) is 0 Å². The molecule has 7 heteroatoms. The molecule has 0 unspecified atom stereocenters. The molecule has 2 aromatic heterocycles. The first-order valence-corrected chi connectivity index (χ1v) is 9.56. The van der Waals surface area contributed by atoms with E-state index in [1.807, 2.05) is 32.9 Å². The van der Waals surface area contributed by atoms with Gasteiger partial charge in [-0.3, -0.25) is 9.59 Å². The number of hydrogen-bond acceptors (Lipinski definition) is 5. The van der Waals surface area contributed by atoms with Gasteiger partial charge in [-0.05, 0) is 50.6 Å². The van der Waals surface area contributed by atoms with Crippen LogP contribution in [0.1, 0.15) is 35.5 Å². The lowest BCUT2D eigenvalue weighted by molar-refractivity contribution is -0.136. The summed E-state index contributed by atoms with van der Waals surface area (Å²) in [7, 11) is 0. The zero-order valence-electron chi connectivity index (χ0n) is 16.8. The Bertz CT molecular complexity index is 1040. The van der Waals surface area contributed by atoms with Crippen molar-refractivity contribution in [2.75, 3.05) is 18.4 Å². The number of aromatic nitrogens is 2. The smallest absolute Gasteiger partial charge is 0.307 e. The molecule has 0 bridgehead atoms. The third-order valence-corrected chi connectivity index (χ3v) is 4.73. The molecule has 29 heavy (non-hydrogen) atoms. The topological polar surface area (TPSA) is 95.4 Å². The number of benzene rings is 1. The average molecular weight is 392 g/mol. The van der Waals surface area contributed by atoms with Gasteiger partial charge in [0.1, 0.15) is 0 Å². The Kier molecular flexibility index (Phi) is 6.07. The molecule has 0 saturated heterocycles. The molecule has 0 aliphatic carbocycles. The van der Waals surface area contributed by atoms with E-state index < -0.39 is 5.97 Å². The Hall–Kier alpha value is -3.48. The van der Waals surface area contributed by atoms with Gasteiger partial charge in [0.15, 0.2) is 5.65 Å². The van der Waals surface area contributed by atoms with Gasteiger partial charge >= 0.3 is 5.97 Å². The van der Waals surface area contributed by atoms with Crippen LogP contribution < -0.4 is 5.32 Å². The molecule has 0 radical (unpaired) electrons. The van der Waals surface area contributed by atoms with Crippen molar-refractivity contribution in [1.82, 2.24) is 14.9 Å².